The number of aliphatic hydroxyl groups excluding tert-OH is 1. The van der Waals surface area contributed by atoms with Crippen LogP contribution in [0.3, 0.4) is 0 Å². The summed E-state index contributed by atoms with van der Waals surface area (Å²) in [6.07, 6.45) is 4.74. The molecule has 2 atom stereocenters. The minimum Gasteiger partial charge on any atom is -0.396 e. The Hall–Kier alpha value is -1.10. The van der Waals surface area contributed by atoms with Crippen LogP contribution in [0.2, 0.25) is 0 Å². The molecule has 1 saturated carbocycles. The van der Waals surface area contributed by atoms with Gasteiger partial charge in [-0.15, -0.1) is 0 Å². The highest BCUT2D eigenvalue weighted by Gasteiger charge is 2.43. The van der Waals surface area contributed by atoms with E-state index in [4.69, 9.17) is 9.63 Å². The first kappa shape index (κ1) is 13.9. The number of aliphatic hydroxyl groups is 1. The predicted octanol–water partition coefficient (Wildman–Crippen LogP) is 2.43. The molecule has 1 aromatic heterocycles. The molecule has 0 aromatic carbocycles. The van der Waals surface area contributed by atoms with Gasteiger partial charge >= 0.3 is 6.01 Å². The third-order valence-electron chi connectivity index (χ3n) is 4.84. The number of rotatable bonds is 5. The molecule has 5 heteroatoms. The molecule has 1 aliphatic carbocycles. The fourth-order valence-electron chi connectivity index (χ4n) is 3.45. The smallest absolute Gasteiger partial charge is 0.324 e. The van der Waals surface area contributed by atoms with Crippen molar-refractivity contribution in [2.24, 2.45) is 17.8 Å². The van der Waals surface area contributed by atoms with E-state index in [9.17, 15) is 0 Å². The molecule has 1 saturated heterocycles. The molecule has 0 radical (unpaired) electrons. The van der Waals surface area contributed by atoms with E-state index in [2.05, 4.69) is 28.9 Å². The number of anilines is 1. The molecule has 2 aliphatic rings. The Labute approximate surface area is 120 Å². The zero-order valence-corrected chi connectivity index (χ0v) is 12.5. The highest BCUT2D eigenvalue weighted by molar-refractivity contribution is 5.26. The fraction of sp³-hybridized carbons (Fsp3) is 0.867. The van der Waals surface area contributed by atoms with E-state index in [1.54, 1.807) is 0 Å². The molecule has 5 nitrogen and oxygen atoms in total. The van der Waals surface area contributed by atoms with Crippen molar-refractivity contribution in [3.8, 4) is 0 Å². The molecule has 3 rings (SSSR count). The van der Waals surface area contributed by atoms with E-state index in [0.29, 0.717) is 18.5 Å². The molecule has 0 amide bonds. The minimum atomic E-state index is 0.316. The summed E-state index contributed by atoms with van der Waals surface area (Å²) in [6, 6.07) is 0.690. The van der Waals surface area contributed by atoms with Gasteiger partial charge in [-0.1, -0.05) is 19.0 Å². The maximum Gasteiger partial charge on any atom is 0.324 e. The zero-order valence-electron chi connectivity index (χ0n) is 12.5. The Balaban J connectivity index is 1.51. The van der Waals surface area contributed by atoms with Crippen molar-refractivity contribution in [3.05, 3.63) is 5.82 Å². The van der Waals surface area contributed by atoms with E-state index in [0.717, 1.165) is 43.1 Å². The summed E-state index contributed by atoms with van der Waals surface area (Å²) in [4.78, 5) is 6.70. The van der Waals surface area contributed by atoms with Gasteiger partial charge in [0.25, 0.3) is 0 Å². The Morgan fingerprint density at radius 2 is 2.10 bits per heavy atom. The van der Waals surface area contributed by atoms with Crippen LogP contribution in [-0.2, 0) is 0 Å². The lowest BCUT2D eigenvalue weighted by molar-refractivity contribution is 0.265. The van der Waals surface area contributed by atoms with Crippen molar-refractivity contribution in [2.75, 3.05) is 24.6 Å². The summed E-state index contributed by atoms with van der Waals surface area (Å²) in [7, 11) is 0. The fourth-order valence-corrected chi connectivity index (χ4v) is 3.45. The lowest BCUT2D eigenvalue weighted by Gasteiger charge is -2.30. The number of hydrogen-bond donors (Lipinski definition) is 1. The Morgan fingerprint density at radius 3 is 2.70 bits per heavy atom. The molecule has 20 heavy (non-hydrogen) atoms. The van der Waals surface area contributed by atoms with E-state index < -0.39 is 0 Å². The van der Waals surface area contributed by atoms with Gasteiger partial charge in [0.1, 0.15) is 0 Å². The van der Waals surface area contributed by atoms with Crippen molar-refractivity contribution >= 4 is 6.01 Å². The van der Waals surface area contributed by atoms with Crippen LogP contribution in [0, 0.1) is 17.8 Å². The highest BCUT2D eigenvalue weighted by Crippen LogP contribution is 2.49. The normalized spacial score (nSPS) is 27.3. The highest BCUT2D eigenvalue weighted by atomic mass is 16.5. The standard InChI is InChI=1S/C15H25N3O2/c1-10(2)14-16-15(20-17-14)18-6-3-11(4-7-18)13-9-12(13)5-8-19/h10-13,19H,3-9H2,1-2H3/t12-,13+/m0/s1. The molecule has 0 bridgehead atoms. The SMILES string of the molecule is CC(C)c1noc(N2CCC([C@H]3C[C@@H]3CCO)CC2)n1. The van der Waals surface area contributed by atoms with Crippen LogP contribution < -0.4 is 4.90 Å². The van der Waals surface area contributed by atoms with Gasteiger partial charge in [0.05, 0.1) is 0 Å². The van der Waals surface area contributed by atoms with Crippen LogP contribution in [0.25, 0.3) is 0 Å². The quantitative estimate of drug-likeness (QED) is 0.897. The third-order valence-corrected chi connectivity index (χ3v) is 4.84. The number of hydrogen-bond acceptors (Lipinski definition) is 5. The van der Waals surface area contributed by atoms with Gasteiger partial charge < -0.3 is 14.5 Å². The van der Waals surface area contributed by atoms with Crippen molar-refractivity contribution in [3.63, 3.8) is 0 Å². The van der Waals surface area contributed by atoms with Crippen molar-refractivity contribution < 1.29 is 9.63 Å². The number of aromatic nitrogens is 2. The summed E-state index contributed by atoms with van der Waals surface area (Å²) < 4.78 is 5.37. The molecule has 2 fully saturated rings. The lowest BCUT2D eigenvalue weighted by Crippen LogP contribution is -2.34. The number of piperidine rings is 1. The second-order valence-electron chi connectivity index (χ2n) is 6.59. The van der Waals surface area contributed by atoms with Gasteiger partial charge in [0.15, 0.2) is 5.82 Å². The summed E-state index contributed by atoms with van der Waals surface area (Å²) in [5.74, 6) is 3.59. The molecule has 0 spiro atoms. The summed E-state index contributed by atoms with van der Waals surface area (Å²) >= 11 is 0. The topological polar surface area (TPSA) is 62.4 Å². The first-order valence-electron chi connectivity index (χ1n) is 7.88. The maximum atomic E-state index is 8.99. The van der Waals surface area contributed by atoms with Crippen LogP contribution in [0.15, 0.2) is 4.52 Å². The largest absolute Gasteiger partial charge is 0.396 e. The summed E-state index contributed by atoms with van der Waals surface area (Å²) in [5, 5.41) is 13.0. The molecule has 1 aromatic rings. The van der Waals surface area contributed by atoms with Gasteiger partial charge in [0.2, 0.25) is 0 Å². The van der Waals surface area contributed by atoms with Crippen LogP contribution in [0.1, 0.15) is 51.3 Å². The molecular formula is C15H25N3O2. The van der Waals surface area contributed by atoms with E-state index in [1.165, 1.54) is 19.3 Å². The monoisotopic (exact) mass is 279 g/mol. The molecule has 1 N–H and O–H groups in total. The van der Waals surface area contributed by atoms with Crippen molar-refractivity contribution in [1.82, 2.24) is 10.1 Å². The second kappa shape index (κ2) is 5.72. The summed E-state index contributed by atoms with van der Waals surface area (Å²) in [5.41, 5.74) is 0. The minimum absolute atomic E-state index is 0.316. The van der Waals surface area contributed by atoms with Crippen LogP contribution in [0.4, 0.5) is 6.01 Å². The molecular weight excluding hydrogens is 254 g/mol. The third kappa shape index (κ3) is 2.82. The van der Waals surface area contributed by atoms with Gasteiger partial charge in [0, 0.05) is 25.6 Å². The first-order chi connectivity index (χ1) is 9.69. The van der Waals surface area contributed by atoms with Crippen molar-refractivity contribution in [1.29, 1.82) is 0 Å². The molecule has 2 heterocycles. The van der Waals surface area contributed by atoms with Gasteiger partial charge in [-0.3, -0.25) is 0 Å². The van der Waals surface area contributed by atoms with E-state index in [1.807, 2.05) is 0 Å². The first-order valence-corrected chi connectivity index (χ1v) is 7.88. The number of nitrogens with zero attached hydrogens (tertiary/aromatic N) is 3. The van der Waals surface area contributed by atoms with Crippen LogP contribution >= 0.6 is 0 Å². The van der Waals surface area contributed by atoms with E-state index >= 15 is 0 Å². The van der Waals surface area contributed by atoms with Crippen molar-refractivity contribution in [2.45, 2.75) is 45.4 Å². The molecule has 0 unspecified atom stereocenters. The Kier molecular flexibility index (Phi) is 3.96. The average molecular weight is 279 g/mol. The molecule has 112 valence electrons. The second-order valence-corrected chi connectivity index (χ2v) is 6.59. The van der Waals surface area contributed by atoms with Crippen LogP contribution in [-0.4, -0.2) is 34.9 Å². The Bertz CT molecular complexity index is 438. The van der Waals surface area contributed by atoms with Crippen LogP contribution in [0.5, 0.6) is 0 Å². The average Bonchev–Trinajstić information content (AvgIpc) is 3.03. The van der Waals surface area contributed by atoms with Gasteiger partial charge in [-0.25, -0.2) is 0 Å². The van der Waals surface area contributed by atoms with E-state index in [-0.39, 0.29) is 0 Å². The lowest BCUT2D eigenvalue weighted by atomic mass is 9.91. The van der Waals surface area contributed by atoms with Gasteiger partial charge in [-0.2, -0.15) is 4.98 Å². The Morgan fingerprint density at radius 1 is 1.35 bits per heavy atom. The summed E-state index contributed by atoms with van der Waals surface area (Å²) in [6.45, 7) is 6.55. The predicted molar refractivity (Wildman–Crippen MR) is 76.6 cm³/mol. The maximum absolute atomic E-state index is 8.99. The van der Waals surface area contributed by atoms with Gasteiger partial charge in [-0.05, 0) is 43.4 Å². The zero-order chi connectivity index (χ0) is 14.1. The molecule has 1 aliphatic heterocycles.